The maximum Gasteiger partial charge on any atom is 0.189 e. The molecule has 3 heterocycles. The molecule has 0 amide bonds. The lowest BCUT2D eigenvalue weighted by atomic mass is 10.1. The van der Waals surface area contributed by atoms with Crippen molar-refractivity contribution >= 4 is 10.9 Å². The lowest BCUT2D eigenvalue weighted by Gasteiger charge is -2.31. The van der Waals surface area contributed by atoms with Gasteiger partial charge < -0.3 is 9.72 Å². The average Bonchev–Trinajstić information content (AvgIpc) is 2.69. The molecule has 1 aromatic carbocycles. The highest BCUT2D eigenvalue weighted by Crippen LogP contribution is 2.18. The molecule has 5 nitrogen and oxygen atoms in total. The summed E-state index contributed by atoms with van der Waals surface area (Å²) in [6.07, 6.45) is 3.85. The molecule has 1 saturated heterocycles. The van der Waals surface area contributed by atoms with Crippen LogP contribution >= 0.6 is 0 Å². The van der Waals surface area contributed by atoms with Crippen LogP contribution in [0.2, 0.25) is 0 Å². The predicted octanol–water partition coefficient (Wildman–Crippen LogP) is 3.24. The van der Waals surface area contributed by atoms with Crippen LogP contribution in [0.25, 0.3) is 10.9 Å². The predicted molar refractivity (Wildman–Crippen MR) is 102 cm³/mol. The molecule has 0 unspecified atom stereocenters. The topological polar surface area (TPSA) is 58.2 Å². The van der Waals surface area contributed by atoms with Crippen molar-refractivity contribution in [2.75, 3.05) is 13.1 Å². The van der Waals surface area contributed by atoms with Gasteiger partial charge in [0.1, 0.15) is 5.82 Å². The van der Waals surface area contributed by atoms with E-state index in [-0.39, 0.29) is 17.0 Å². The molecule has 0 atom stereocenters. The van der Waals surface area contributed by atoms with Gasteiger partial charge in [-0.1, -0.05) is 12.1 Å². The Morgan fingerprint density at radius 1 is 1.19 bits per heavy atom. The Balaban J connectivity index is 1.35. The van der Waals surface area contributed by atoms with Crippen LogP contribution in [0.15, 0.2) is 53.5 Å². The molecular formula is C21H22FN3O2. The summed E-state index contributed by atoms with van der Waals surface area (Å²) in [6, 6.07) is 12.0. The smallest absolute Gasteiger partial charge is 0.189 e. The molecule has 4 rings (SSSR count). The highest BCUT2D eigenvalue weighted by atomic mass is 19.1. The van der Waals surface area contributed by atoms with E-state index in [1.807, 2.05) is 18.2 Å². The van der Waals surface area contributed by atoms with Gasteiger partial charge in [-0.3, -0.25) is 14.7 Å². The Morgan fingerprint density at radius 3 is 2.81 bits per heavy atom. The van der Waals surface area contributed by atoms with Gasteiger partial charge >= 0.3 is 0 Å². The van der Waals surface area contributed by atoms with Crippen LogP contribution in [0, 0.1) is 5.82 Å². The summed E-state index contributed by atoms with van der Waals surface area (Å²) in [5.74, 6) is -0.395. The molecule has 1 N–H and O–H groups in total. The van der Waals surface area contributed by atoms with Crippen molar-refractivity contribution in [3.8, 4) is 0 Å². The maximum atomic E-state index is 14.0. The number of benzene rings is 1. The number of aromatic amines is 1. The van der Waals surface area contributed by atoms with E-state index in [0.717, 1.165) is 37.3 Å². The highest BCUT2D eigenvalue weighted by molar-refractivity contribution is 5.78. The zero-order valence-corrected chi connectivity index (χ0v) is 15.0. The summed E-state index contributed by atoms with van der Waals surface area (Å²) in [5.41, 5.74) is 1.82. The fraction of sp³-hybridized carbons (Fsp3) is 0.333. The van der Waals surface area contributed by atoms with Gasteiger partial charge in [-0.05, 0) is 37.1 Å². The molecule has 3 aromatic rings. The van der Waals surface area contributed by atoms with Crippen LogP contribution in [0.3, 0.4) is 0 Å². The van der Waals surface area contributed by atoms with Crippen molar-refractivity contribution in [2.45, 2.75) is 32.1 Å². The first-order chi connectivity index (χ1) is 13.2. The Kier molecular flexibility index (Phi) is 5.27. The van der Waals surface area contributed by atoms with Crippen LogP contribution in [0.5, 0.6) is 0 Å². The fourth-order valence-electron chi connectivity index (χ4n) is 3.54. The number of hydrogen-bond donors (Lipinski definition) is 1. The molecule has 1 fully saturated rings. The first kappa shape index (κ1) is 17.8. The summed E-state index contributed by atoms with van der Waals surface area (Å²) < 4.78 is 20.0. The summed E-state index contributed by atoms with van der Waals surface area (Å²) in [6.45, 7) is 2.89. The van der Waals surface area contributed by atoms with E-state index in [2.05, 4.69) is 14.9 Å². The summed E-state index contributed by atoms with van der Waals surface area (Å²) in [5, 5.41) is 0.389. The minimum Gasteiger partial charge on any atom is -0.372 e. The molecule has 27 heavy (non-hydrogen) atoms. The summed E-state index contributed by atoms with van der Waals surface area (Å²) in [7, 11) is 0. The summed E-state index contributed by atoms with van der Waals surface area (Å²) >= 11 is 0. The number of nitrogens with zero attached hydrogens (tertiary/aromatic N) is 2. The number of para-hydroxylation sites is 1. The van der Waals surface area contributed by atoms with E-state index < -0.39 is 5.82 Å². The van der Waals surface area contributed by atoms with Gasteiger partial charge in [-0.2, -0.15) is 0 Å². The van der Waals surface area contributed by atoms with E-state index in [9.17, 15) is 9.18 Å². The van der Waals surface area contributed by atoms with Crippen molar-refractivity contribution in [1.29, 1.82) is 0 Å². The number of hydrogen-bond acceptors (Lipinski definition) is 4. The Hall–Kier alpha value is -2.57. The molecular weight excluding hydrogens is 345 g/mol. The van der Waals surface area contributed by atoms with Gasteiger partial charge in [0.15, 0.2) is 5.43 Å². The molecule has 0 bridgehead atoms. The number of rotatable bonds is 5. The monoisotopic (exact) mass is 367 g/mol. The van der Waals surface area contributed by atoms with Crippen LogP contribution in [-0.2, 0) is 17.9 Å². The lowest BCUT2D eigenvalue weighted by Crippen LogP contribution is -2.37. The molecule has 1 aliphatic heterocycles. The Morgan fingerprint density at radius 2 is 2.04 bits per heavy atom. The number of halogens is 1. The van der Waals surface area contributed by atoms with Gasteiger partial charge in [0.25, 0.3) is 0 Å². The summed E-state index contributed by atoms with van der Waals surface area (Å²) in [4.78, 5) is 21.9. The third-order valence-corrected chi connectivity index (χ3v) is 4.99. The van der Waals surface area contributed by atoms with Crippen molar-refractivity contribution < 1.29 is 9.13 Å². The number of likely N-dealkylation sites (tertiary alicyclic amines) is 1. The molecule has 0 aliphatic carbocycles. The van der Waals surface area contributed by atoms with Crippen molar-refractivity contribution in [1.82, 2.24) is 14.9 Å². The van der Waals surface area contributed by atoms with E-state index in [4.69, 9.17) is 4.74 Å². The largest absolute Gasteiger partial charge is 0.372 e. The first-order valence-electron chi connectivity index (χ1n) is 9.23. The maximum absolute atomic E-state index is 14.0. The Bertz CT molecular complexity index is 966. The molecule has 140 valence electrons. The second kappa shape index (κ2) is 7.98. The SMILES string of the molecule is O=c1cc(CN2CCC(OCc3ccccn3)CC2)[nH]c2c(F)cccc12. The second-order valence-corrected chi connectivity index (χ2v) is 6.93. The van der Waals surface area contributed by atoms with E-state index in [0.29, 0.717) is 18.5 Å². The van der Waals surface area contributed by atoms with Gasteiger partial charge in [0.2, 0.25) is 0 Å². The van der Waals surface area contributed by atoms with Crippen molar-refractivity contribution in [3.63, 3.8) is 0 Å². The highest BCUT2D eigenvalue weighted by Gasteiger charge is 2.20. The quantitative estimate of drug-likeness (QED) is 0.752. The Labute approximate surface area is 156 Å². The minimum atomic E-state index is -0.395. The van der Waals surface area contributed by atoms with Crippen LogP contribution in [0.4, 0.5) is 4.39 Å². The average molecular weight is 367 g/mol. The lowest BCUT2D eigenvalue weighted by molar-refractivity contribution is -0.00541. The van der Waals surface area contributed by atoms with E-state index in [1.165, 1.54) is 6.07 Å². The van der Waals surface area contributed by atoms with Crippen molar-refractivity contribution in [2.24, 2.45) is 0 Å². The van der Waals surface area contributed by atoms with E-state index in [1.54, 1.807) is 24.4 Å². The first-order valence-corrected chi connectivity index (χ1v) is 9.23. The van der Waals surface area contributed by atoms with Gasteiger partial charge in [-0.25, -0.2) is 4.39 Å². The molecule has 0 radical (unpaired) electrons. The third-order valence-electron chi connectivity index (χ3n) is 4.99. The van der Waals surface area contributed by atoms with Crippen molar-refractivity contribution in [3.05, 3.63) is 76.1 Å². The van der Waals surface area contributed by atoms with Crippen LogP contribution in [0.1, 0.15) is 24.2 Å². The van der Waals surface area contributed by atoms with Gasteiger partial charge in [0.05, 0.1) is 23.9 Å². The van der Waals surface area contributed by atoms with E-state index >= 15 is 0 Å². The molecule has 0 saturated carbocycles. The second-order valence-electron chi connectivity index (χ2n) is 6.93. The van der Waals surface area contributed by atoms with Gasteiger partial charge in [-0.15, -0.1) is 0 Å². The number of H-pyrrole nitrogens is 1. The third kappa shape index (κ3) is 4.23. The van der Waals surface area contributed by atoms with Crippen LogP contribution < -0.4 is 5.43 Å². The van der Waals surface area contributed by atoms with Gasteiger partial charge in [0, 0.05) is 43.0 Å². The fourth-order valence-corrected chi connectivity index (χ4v) is 3.54. The molecule has 1 aliphatic rings. The standard InChI is InChI=1S/C21H22FN3O2/c22-19-6-3-5-18-20(26)12-16(24-21(18)19)13-25-10-7-17(8-11-25)27-14-15-4-1-2-9-23-15/h1-6,9,12,17H,7-8,10-11,13-14H2,(H,24,26). The number of fused-ring (bicyclic) bond motifs is 1. The normalized spacial score (nSPS) is 16.0. The number of piperidine rings is 1. The molecule has 6 heteroatoms. The number of nitrogens with one attached hydrogen (secondary N) is 1. The zero-order chi connectivity index (χ0) is 18.6. The molecule has 2 aromatic heterocycles. The zero-order valence-electron chi connectivity index (χ0n) is 15.0. The number of ether oxygens (including phenoxy) is 1. The number of aromatic nitrogens is 2. The number of pyridine rings is 2. The molecule has 0 spiro atoms. The minimum absolute atomic E-state index is 0.146. The van der Waals surface area contributed by atoms with Crippen LogP contribution in [-0.4, -0.2) is 34.1 Å².